The predicted molar refractivity (Wildman–Crippen MR) is 74.3 cm³/mol. The summed E-state index contributed by atoms with van der Waals surface area (Å²) in [7, 11) is 2.81. The van der Waals surface area contributed by atoms with Crippen molar-refractivity contribution in [2.75, 3.05) is 19.1 Å². The van der Waals surface area contributed by atoms with Gasteiger partial charge >= 0.3 is 0 Å². The van der Waals surface area contributed by atoms with Gasteiger partial charge in [0.2, 0.25) is 5.88 Å². The highest BCUT2D eigenvalue weighted by Crippen LogP contribution is 2.20. The summed E-state index contributed by atoms with van der Waals surface area (Å²) in [6.45, 7) is 4.80. The van der Waals surface area contributed by atoms with Gasteiger partial charge in [0, 0.05) is 42.4 Å². The Bertz CT molecular complexity index is 418. The summed E-state index contributed by atoms with van der Waals surface area (Å²) in [5.41, 5.74) is 2.07. The molecule has 5 nitrogen and oxygen atoms in total. The minimum atomic E-state index is -0.722. The lowest BCUT2D eigenvalue weighted by Crippen LogP contribution is -2.27. The Labute approximate surface area is 111 Å². The lowest BCUT2D eigenvalue weighted by atomic mass is 10.2. The van der Waals surface area contributed by atoms with Crippen LogP contribution in [-0.4, -0.2) is 39.1 Å². The van der Waals surface area contributed by atoms with Crippen molar-refractivity contribution in [1.29, 1.82) is 0 Å². The summed E-state index contributed by atoms with van der Waals surface area (Å²) in [5, 5.41) is 7.75. The van der Waals surface area contributed by atoms with Crippen LogP contribution in [0.2, 0.25) is 0 Å². The predicted octanol–water partition coefficient (Wildman–Crippen LogP) is 0.984. The number of ether oxygens (including phenoxy) is 1. The van der Waals surface area contributed by atoms with E-state index in [-0.39, 0.29) is 0 Å². The van der Waals surface area contributed by atoms with Gasteiger partial charge in [-0.15, -0.1) is 0 Å². The van der Waals surface area contributed by atoms with E-state index in [9.17, 15) is 4.21 Å². The van der Waals surface area contributed by atoms with Crippen LogP contribution >= 0.6 is 0 Å². The molecule has 0 aliphatic carbocycles. The molecule has 0 saturated carbocycles. The molecule has 1 N–H and O–H groups in total. The molecule has 0 saturated heterocycles. The number of nitrogens with one attached hydrogen (secondary N) is 1. The molecule has 6 heteroatoms. The Morgan fingerprint density at radius 1 is 1.56 bits per heavy atom. The molecule has 1 aromatic rings. The normalized spacial score (nSPS) is 14.5. The second-order valence-corrected chi connectivity index (χ2v) is 6.10. The smallest absolute Gasteiger partial charge is 0.216 e. The van der Waals surface area contributed by atoms with Crippen LogP contribution in [-0.2, 0) is 24.4 Å². The zero-order valence-corrected chi connectivity index (χ0v) is 12.6. The van der Waals surface area contributed by atoms with Gasteiger partial charge in [0.25, 0.3) is 0 Å². The van der Waals surface area contributed by atoms with Crippen LogP contribution in [0.4, 0.5) is 0 Å². The van der Waals surface area contributed by atoms with E-state index in [1.807, 2.05) is 14.0 Å². The maximum atomic E-state index is 11.0. The molecule has 0 radical (unpaired) electrons. The van der Waals surface area contributed by atoms with Gasteiger partial charge in [0.15, 0.2) is 0 Å². The molecule has 104 valence electrons. The van der Waals surface area contributed by atoms with Gasteiger partial charge in [0.05, 0.1) is 18.4 Å². The minimum absolute atomic E-state index is 0.332. The van der Waals surface area contributed by atoms with Gasteiger partial charge in [-0.05, 0) is 20.3 Å². The molecule has 18 heavy (non-hydrogen) atoms. The van der Waals surface area contributed by atoms with Crippen LogP contribution in [0, 0.1) is 6.92 Å². The maximum Gasteiger partial charge on any atom is 0.216 e. The number of nitrogens with zero attached hydrogens (tertiary/aromatic N) is 2. The molecular weight excluding hydrogens is 250 g/mol. The standard InChI is InChI=1S/C12H23N3O2S/c1-9(6-7-18(5)16)13-8-11-10(2)14-15(3)12(11)17-4/h9,13H,6-8H2,1-5H3. The van der Waals surface area contributed by atoms with Crippen molar-refractivity contribution in [2.45, 2.75) is 32.9 Å². The molecule has 1 aromatic heterocycles. The topological polar surface area (TPSA) is 56.1 Å². The van der Waals surface area contributed by atoms with Gasteiger partial charge in [-0.1, -0.05) is 0 Å². The van der Waals surface area contributed by atoms with Crippen molar-refractivity contribution in [1.82, 2.24) is 15.1 Å². The molecule has 0 fully saturated rings. The molecule has 0 bridgehead atoms. The van der Waals surface area contributed by atoms with E-state index >= 15 is 0 Å². The van der Waals surface area contributed by atoms with Crippen LogP contribution in [0.1, 0.15) is 24.6 Å². The third kappa shape index (κ3) is 4.10. The summed E-state index contributed by atoms with van der Waals surface area (Å²) < 4.78 is 18.1. The van der Waals surface area contributed by atoms with Crippen LogP contribution < -0.4 is 10.1 Å². The van der Waals surface area contributed by atoms with Gasteiger partial charge < -0.3 is 10.1 Å². The van der Waals surface area contributed by atoms with Gasteiger partial charge in [-0.2, -0.15) is 5.10 Å². The van der Waals surface area contributed by atoms with E-state index in [0.29, 0.717) is 6.04 Å². The van der Waals surface area contributed by atoms with Crippen LogP contribution in [0.15, 0.2) is 0 Å². The third-order valence-corrected chi connectivity index (χ3v) is 3.76. The number of aromatic nitrogens is 2. The molecule has 0 aromatic carbocycles. The lowest BCUT2D eigenvalue weighted by Gasteiger charge is -2.13. The first-order valence-electron chi connectivity index (χ1n) is 6.05. The van der Waals surface area contributed by atoms with E-state index in [1.54, 1.807) is 18.0 Å². The number of rotatable bonds is 7. The quantitative estimate of drug-likeness (QED) is 0.805. The first kappa shape index (κ1) is 15.2. The minimum Gasteiger partial charge on any atom is -0.481 e. The van der Waals surface area contributed by atoms with Gasteiger partial charge in [-0.3, -0.25) is 4.21 Å². The maximum absolute atomic E-state index is 11.0. The average molecular weight is 273 g/mol. The lowest BCUT2D eigenvalue weighted by molar-refractivity contribution is 0.366. The van der Waals surface area contributed by atoms with Crippen molar-refractivity contribution in [3.05, 3.63) is 11.3 Å². The van der Waals surface area contributed by atoms with Crippen molar-refractivity contribution < 1.29 is 8.95 Å². The zero-order valence-electron chi connectivity index (χ0n) is 11.8. The fourth-order valence-corrected chi connectivity index (χ4v) is 2.55. The molecule has 1 rings (SSSR count). The average Bonchev–Trinajstić information content (AvgIpc) is 2.57. The van der Waals surface area contributed by atoms with Crippen molar-refractivity contribution >= 4 is 10.8 Å². The van der Waals surface area contributed by atoms with E-state index in [0.717, 1.165) is 35.9 Å². The van der Waals surface area contributed by atoms with E-state index in [1.165, 1.54) is 0 Å². The Kier molecular flexibility index (Phi) is 5.81. The fraction of sp³-hybridized carbons (Fsp3) is 0.750. The van der Waals surface area contributed by atoms with Crippen molar-refractivity contribution in [3.63, 3.8) is 0 Å². The number of hydrogen-bond acceptors (Lipinski definition) is 4. The van der Waals surface area contributed by atoms with Gasteiger partial charge in [-0.25, -0.2) is 4.68 Å². The highest BCUT2D eigenvalue weighted by molar-refractivity contribution is 7.84. The number of methoxy groups -OCH3 is 1. The summed E-state index contributed by atoms with van der Waals surface area (Å²) in [6, 6.07) is 0.332. The Morgan fingerprint density at radius 2 is 2.22 bits per heavy atom. The highest BCUT2D eigenvalue weighted by Gasteiger charge is 2.14. The fourth-order valence-electron chi connectivity index (χ4n) is 1.86. The van der Waals surface area contributed by atoms with E-state index < -0.39 is 10.8 Å². The number of aryl methyl sites for hydroxylation is 2. The van der Waals surface area contributed by atoms with E-state index in [2.05, 4.69) is 17.3 Å². The molecule has 0 aliphatic heterocycles. The van der Waals surface area contributed by atoms with Crippen LogP contribution in [0.3, 0.4) is 0 Å². The molecule has 0 spiro atoms. The Balaban J connectivity index is 2.55. The summed E-state index contributed by atoms with van der Waals surface area (Å²) in [4.78, 5) is 0. The molecule has 1 heterocycles. The monoisotopic (exact) mass is 273 g/mol. The van der Waals surface area contributed by atoms with Crippen molar-refractivity contribution in [3.8, 4) is 5.88 Å². The molecule has 0 aliphatic rings. The second-order valence-electron chi connectivity index (χ2n) is 4.54. The molecule has 2 atom stereocenters. The first-order chi connectivity index (χ1) is 8.45. The summed E-state index contributed by atoms with van der Waals surface area (Å²) in [6.07, 6.45) is 2.64. The summed E-state index contributed by atoms with van der Waals surface area (Å²) in [5.74, 6) is 1.53. The van der Waals surface area contributed by atoms with Crippen LogP contribution in [0.5, 0.6) is 5.88 Å². The SMILES string of the molecule is COc1c(CNC(C)CCS(C)=O)c(C)nn1C. The third-order valence-electron chi connectivity index (χ3n) is 2.95. The Morgan fingerprint density at radius 3 is 2.78 bits per heavy atom. The second kappa shape index (κ2) is 6.89. The zero-order chi connectivity index (χ0) is 13.7. The largest absolute Gasteiger partial charge is 0.481 e. The van der Waals surface area contributed by atoms with Crippen LogP contribution in [0.25, 0.3) is 0 Å². The van der Waals surface area contributed by atoms with E-state index in [4.69, 9.17) is 4.74 Å². The highest BCUT2D eigenvalue weighted by atomic mass is 32.2. The number of hydrogen-bond donors (Lipinski definition) is 1. The molecule has 2 unspecified atom stereocenters. The first-order valence-corrected chi connectivity index (χ1v) is 7.78. The molecular formula is C12H23N3O2S. The summed E-state index contributed by atoms with van der Waals surface area (Å²) >= 11 is 0. The van der Waals surface area contributed by atoms with Gasteiger partial charge in [0.1, 0.15) is 0 Å². The Hall–Kier alpha value is -0.880. The molecule has 0 amide bonds. The van der Waals surface area contributed by atoms with Crippen molar-refractivity contribution in [2.24, 2.45) is 7.05 Å².